The van der Waals surface area contributed by atoms with Crippen molar-refractivity contribution >= 4 is 22.6 Å². The molecule has 0 unspecified atom stereocenters. The number of amides is 1. The van der Waals surface area contributed by atoms with Gasteiger partial charge in [0, 0.05) is 35.1 Å². The van der Waals surface area contributed by atoms with Gasteiger partial charge in [0.15, 0.2) is 0 Å². The van der Waals surface area contributed by atoms with Gasteiger partial charge in [-0.05, 0) is 35.9 Å². The van der Waals surface area contributed by atoms with Gasteiger partial charge in [-0.3, -0.25) is 4.79 Å². The summed E-state index contributed by atoms with van der Waals surface area (Å²) in [5.41, 5.74) is 3.29. The number of aromatic amines is 1. The Morgan fingerprint density at radius 2 is 1.77 bits per heavy atom. The first-order chi connectivity index (χ1) is 12.6. The Kier molecular flexibility index (Phi) is 3.78. The van der Waals surface area contributed by atoms with E-state index in [1.54, 1.807) is 48.8 Å². The molecule has 2 aromatic heterocycles. The highest BCUT2D eigenvalue weighted by Crippen LogP contribution is 2.26. The lowest BCUT2D eigenvalue weighted by Gasteiger charge is -2.06. The smallest absolute Gasteiger partial charge is 0.257 e. The molecule has 0 saturated carbocycles. The summed E-state index contributed by atoms with van der Waals surface area (Å²) in [6, 6.07) is 15.0. The average Bonchev–Trinajstić information content (AvgIpc) is 3.05. The molecule has 0 fully saturated rings. The van der Waals surface area contributed by atoms with E-state index in [9.17, 15) is 15.0 Å². The predicted molar refractivity (Wildman–Crippen MR) is 99.3 cm³/mol. The lowest BCUT2D eigenvalue weighted by Crippen LogP contribution is -2.11. The summed E-state index contributed by atoms with van der Waals surface area (Å²) >= 11 is 0. The van der Waals surface area contributed by atoms with Crippen LogP contribution in [0.3, 0.4) is 0 Å². The van der Waals surface area contributed by atoms with Crippen LogP contribution >= 0.6 is 0 Å². The number of nitrogens with one attached hydrogen (secondary N) is 2. The van der Waals surface area contributed by atoms with E-state index in [4.69, 9.17) is 0 Å². The van der Waals surface area contributed by atoms with Gasteiger partial charge < -0.3 is 20.5 Å². The number of aromatic hydroxyl groups is 2. The standard InChI is InChI=1S/C20H15N3O3/c24-15-6-4-12(5-7-15)13-8-17-18(11-22-19(17)21-10-13)20(26)23-14-2-1-3-16(25)9-14/h1-11,24-25H,(H,21,22)(H,23,26). The summed E-state index contributed by atoms with van der Waals surface area (Å²) in [5.74, 6) is -0.0277. The molecule has 0 atom stereocenters. The van der Waals surface area contributed by atoms with Crippen molar-refractivity contribution in [1.29, 1.82) is 0 Å². The number of phenolic OH excluding ortho intramolecular Hbond substituents is 2. The number of anilines is 1. The number of benzene rings is 2. The van der Waals surface area contributed by atoms with Crippen molar-refractivity contribution in [2.45, 2.75) is 0 Å². The molecular formula is C20H15N3O3. The second-order valence-electron chi connectivity index (χ2n) is 5.87. The molecule has 2 heterocycles. The molecule has 6 nitrogen and oxygen atoms in total. The maximum Gasteiger partial charge on any atom is 0.257 e. The van der Waals surface area contributed by atoms with Crippen LogP contribution < -0.4 is 5.32 Å². The van der Waals surface area contributed by atoms with Gasteiger partial charge in [0.2, 0.25) is 0 Å². The number of hydrogen-bond donors (Lipinski definition) is 4. The second kappa shape index (κ2) is 6.25. The molecule has 4 aromatic rings. The first-order valence-corrected chi connectivity index (χ1v) is 7.97. The predicted octanol–water partition coefficient (Wildman–Crippen LogP) is 3.89. The minimum atomic E-state index is -0.300. The average molecular weight is 345 g/mol. The lowest BCUT2D eigenvalue weighted by molar-refractivity contribution is 0.102. The topological polar surface area (TPSA) is 98.2 Å². The lowest BCUT2D eigenvalue weighted by atomic mass is 10.1. The summed E-state index contributed by atoms with van der Waals surface area (Å²) in [6.45, 7) is 0. The van der Waals surface area contributed by atoms with Crippen LogP contribution in [0.25, 0.3) is 22.2 Å². The highest BCUT2D eigenvalue weighted by molar-refractivity contribution is 6.12. The van der Waals surface area contributed by atoms with Gasteiger partial charge in [-0.15, -0.1) is 0 Å². The molecule has 0 spiro atoms. The summed E-state index contributed by atoms with van der Waals surface area (Å²) in [5, 5.41) is 22.4. The van der Waals surface area contributed by atoms with Crippen molar-refractivity contribution in [3.05, 3.63) is 72.6 Å². The number of nitrogens with zero attached hydrogens (tertiary/aromatic N) is 1. The first-order valence-electron chi connectivity index (χ1n) is 7.97. The van der Waals surface area contributed by atoms with E-state index >= 15 is 0 Å². The number of hydrogen-bond acceptors (Lipinski definition) is 4. The zero-order valence-electron chi connectivity index (χ0n) is 13.6. The molecule has 0 aliphatic carbocycles. The molecule has 0 saturated heterocycles. The highest BCUT2D eigenvalue weighted by Gasteiger charge is 2.14. The van der Waals surface area contributed by atoms with Crippen molar-refractivity contribution < 1.29 is 15.0 Å². The van der Waals surface area contributed by atoms with Crippen LogP contribution in [-0.2, 0) is 0 Å². The van der Waals surface area contributed by atoms with Gasteiger partial charge in [-0.25, -0.2) is 4.98 Å². The zero-order valence-corrected chi connectivity index (χ0v) is 13.6. The molecular weight excluding hydrogens is 330 g/mol. The van der Waals surface area contributed by atoms with Crippen molar-refractivity contribution in [1.82, 2.24) is 9.97 Å². The first kappa shape index (κ1) is 15.7. The van der Waals surface area contributed by atoms with E-state index in [1.165, 1.54) is 12.1 Å². The Hall–Kier alpha value is -3.80. The Bertz CT molecular complexity index is 1100. The Balaban J connectivity index is 1.70. The quantitative estimate of drug-likeness (QED) is 0.453. The summed E-state index contributed by atoms with van der Waals surface area (Å²) in [6.07, 6.45) is 3.32. The number of carbonyl (C=O) groups excluding carboxylic acids is 1. The fourth-order valence-electron chi connectivity index (χ4n) is 2.79. The van der Waals surface area contributed by atoms with E-state index in [0.717, 1.165) is 11.1 Å². The van der Waals surface area contributed by atoms with Gasteiger partial charge in [0.25, 0.3) is 5.91 Å². The third kappa shape index (κ3) is 2.95. The summed E-state index contributed by atoms with van der Waals surface area (Å²) in [7, 11) is 0. The summed E-state index contributed by atoms with van der Waals surface area (Å²) < 4.78 is 0. The minimum absolute atomic E-state index is 0.0815. The van der Waals surface area contributed by atoms with E-state index < -0.39 is 0 Å². The molecule has 6 heteroatoms. The normalized spacial score (nSPS) is 10.8. The van der Waals surface area contributed by atoms with Crippen LogP contribution in [0.1, 0.15) is 10.4 Å². The van der Waals surface area contributed by atoms with Gasteiger partial charge in [0.1, 0.15) is 17.1 Å². The maximum absolute atomic E-state index is 12.6. The third-order valence-corrected chi connectivity index (χ3v) is 4.08. The molecule has 0 radical (unpaired) electrons. The maximum atomic E-state index is 12.6. The van der Waals surface area contributed by atoms with Crippen molar-refractivity contribution in [3.8, 4) is 22.6 Å². The SMILES string of the molecule is O=C(Nc1cccc(O)c1)c1c[nH]c2ncc(-c3ccc(O)cc3)cc12. The van der Waals surface area contributed by atoms with Crippen LogP contribution in [0.4, 0.5) is 5.69 Å². The molecule has 2 aromatic carbocycles. The van der Waals surface area contributed by atoms with Crippen LogP contribution in [0, 0.1) is 0 Å². The molecule has 4 N–H and O–H groups in total. The minimum Gasteiger partial charge on any atom is -0.508 e. The van der Waals surface area contributed by atoms with E-state index in [0.29, 0.717) is 22.3 Å². The molecule has 128 valence electrons. The van der Waals surface area contributed by atoms with Gasteiger partial charge in [-0.1, -0.05) is 18.2 Å². The van der Waals surface area contributed by atoms with Crippen LogP contribution in [0.5, 0.6) is 11.5 Å². The van der Waals surface area contributed by atoms with Gasteiger partial charge in [0.05, 0.1) is 5.56 Å². The number of rotatable bonds is 3. The van der Waals surface area contributed by atoms with Crippen LogP contribution in [-0.4, -0.2) is 26.1 Å². The van der Waals surface area contributed by atoms with E-state index in [-0.39, 0.29) is 17.4 Å². The second-order valence-corrected chi connectivity index (χ2v) is 5.87. The van der Waals surface area contributed by atoms with Crippen molar-refractivity contribution in [2.75, 3.05) is 5.32 Å². The molecule has 0 aliphatic rings. The molecule has 1 amide bonds. The zero-order chi connectivity index (χ0) is 18.1. The number of pyridine rings is 1. The highest BCUT2D eigenvalue weighted by atomic mass is 16.3. The number of fused-ring (bicyclic) bond motifs is 1. The third-order valence-electron chi connectivity index (χ3n) is 4.08. The van der Waals surface area contributed by atoms with Gasteiger partial charge in [-0.2, -0.15) is 0 Å². The van der Waals surface area contributed by atoms with E-state index in [2.05, 4.69) is 15.3 Å². The van der Waals surface area contributed by atoms with Gasteiger partial charge >= 0.3 is 0 Å². The fraction of sp³-hybridized carbons (Fsp3) is 0. The number of aromatic nitrogens is 2. The number of phenols is 2. The number of carbonyl (C=O) groups is 1. The molecule has 26 heavy (non-hydrogen) atoms. The fourth-order valence-corrected chi connectivity index (χ4v) is 2.79. The summed E-state index contributed by atoms with van der Waals surface area (Å²) in [4.78, 5) is 20.0. The monoisotopic (exact) mass is 345 g/mol. The Morgan fingerprint density at radius 3 is 2.54 bits per heavy atom. The Morgan fingerprint density at radius 1 is 0.962 bits per heavy atom. The Labute approximate surface area is 148 Å². The van der Waals surface area contributed by atoms with Crippen molar-refractivity contribution in [2.24, 2.45) is 0 Å². The molecule has 0 bridgehead atoms. The largest absolute Gasteiger partial charge is 0.508 e. The van der Waals surface area contributed by atoms with Crippen molar-refractivity contribution in [3.63, 3.8) is 0 Å². The molecule has 0 aliphatic heterocycles. The van der Waals surface area contributed by atoms with E-state index in [1.807, 2.05) is 6.07 Å². The van der Waals surface area contributed by atoms with Crippen LogP contribution in [0.15, 0.2) is 67.0 Å². The van der Waals surface area contributed by atoms with Crippen LogP contribution in [0.2, 0.25) is 0 Å². The molecule has 4 rings (SSSR count). The number of H-pyrrole nitrogens is 1.